The predicted molar refractivity (Wildman–Crippen MR) is 89.9 cm³/mol. The van der Waals surface area contributed by atoms with Crippen molar-refractivity contribution in [1.82, 2.24) is 0 Å². The number of hydrogen-bond acceptors (Lipinski definition) is 0. The van der Waals surface area contributed by atoms with Gasteiger partial charge in [0.25, 0.3) is 0 Å². The van der Waals surface area contributed by atoms with Gasteiger partial charge in [-0.1, -0.05) is 24.3 Å². The summed E-state index contributed by atoms with van der Waals surface area (Å²) >= 11 is 12.0. The van der Waals surface area contributed by atoms with Crippen LogP contribution in [0.25, 0.3) is 11.1 Å². The molecule has 0 saturated carbocycles. The van der Waals surface area contributed by atoms with Gasteiger partial charge in [-0.3, -0.25) is 0 Å². The molecule has 0 nitrogen and oxygen atoms in total. The van der Waals surface area contributed by atoms with Gasteiger partial charge in [-0.05, 0) is 72.2 Å². The summed E-state index contributed by atoms with van der Waals surface area (Å²) in [6.07, 6.45) is 0. The molecule has 0 unspecified atom stereocenters. The van der Waals surface area contributed by atoms with E-state index >= 15 is 0 Å². The fraction of sp³-hybridized carbons (Fsp3) is 0.333. The van der Waals surface area contributed by atoms with Crippen molar-refractivity contribution in [3.05, 3.63) is 57.6 Å². The Morgan fingerprint density at radius 1 is 0.700 bits per heavy atom. The second kappa shape index (κ2) is 6.20. The zero-order valence-corrected chi connectivity index (χ0v) is 14.0. The monoisotopic (exact) mass is 306 g/mol. The summed E-state index contributed by atoms with van der Waals surface area (Å²) in [7, 11) is 0. The maximum absolute atomic E-state index is 6.10. The summed E-state index contributed by atoms with van der Waals surface area (Å²) < 4.78 is 0. The van der Waals surface area contributed by atoms with Crippen LogP contribution in [-0.2, 0) is 11.8 Å². The Morgan fingerprint density at radius 2 is 1.20 bits per heavy atom. The van der Waals surface area contributed by atoms with Crippen molar-refractivity contribution in [2.45, 2.75) is 39.5 Å². The highest BCUT2D eigenvalue weighted by atomic mass is 35.5. The van der Waals surface area contributed by atoms with Gasteiger partial charge in [0, 0.05) is 11.8 Å². The van der Waals surface area contributed by atoms with Crippen LogP contribution in [0.1, 0.15) is 33.4 Å². The summed E-state index contributed by atoms with van der Waals surface area (Å²) in [4.78, 5) is 0. The maximum atomic E-state index is 6.10. The lowest BCUT2D eigenvalue weighted by molar-refractivity contribution is 1.16. The SMILES string of the molecule is Cc1c(C)c(-c2ccc(CCl)cc2)c(C)c(C)c1CCl. The third-order valence-corrected chi connectivity index (χ3v) is 4.89. The number of alkyl halides is 2. The van der Waals surface area contributed by atoms with E-state index < -0.39 is 0 Å². The molecule has 0 spiro atoms. The van der Waals surface area contributed by atoms with Gasteiger partial charge >= 0.3 is 0 Å². The number of hydrogen-bond donors (Lipinski definition) is 0. The molecule has 0 aromatic heterocycles. The summed E-state index contributed by atoms with van der Waals surface area (Å²) in [5, 5.41) is 0. The van der Waals surface area contributed by atoms with Gasteiger partial charge in [0.05, 0.1) is 0 Å². The average Bonchev–Trinajstić information content (AvgIpc) is 2.47. The molecule has 0 aliphatic rings. The van der Waals surface area contributed by atoms with E-state index in [1.807, 2.05) is 0 Å². The first-order valence-corrected chi connectivity index (χ1v) is 7.88. The van der Waals surface area contributed by atoms with Crippen molar-refractivity contribution < 1.29 is 0 Å². The van der Waals surface area contributed by atoms with Crippen LogP contribution < -0.4 is 0 Å². The Labute approximate surface area is 131 Å². The lowest BCUT2D eigenvalue weighted by Gasteiger charge is -2.20. The smallest absolute Gasteiger partial charge is 0.0479 e. The fourth-order valence-corrected chi connectivity index (χ4v) is 3.36. The van der Waals surface area contributed by atoms with E-state index in [0.717, 1.165) is 5.56 Å². The van der Waals surface area contributed by atoms with E-state index in [1.165, 1.54) is 38.9 Å². The van der Waals surface area contributed by atoms with E-state index in [0.29, 0.717) is 11.8 Å². The molecular weight excluding hydrogens is 287 g/mol. The molecule has 2 aromatic carbocycles. The first kappa shape index (κ1) is 15.4. The minimum absolute atomic E-state index is 0.557. The first-order chi connectivity index (χ1) is 9.51. The number of rotatable bonds is 3. The quantitative estimate of drug-likeness (QED) is 0.604. The largest absolute Gasteiger partial charge is 0.122 e. The van der Waals surface area contributed by atoms with Gasteiger partial charge in [-0.15, -0.1) is 23.2 Å². The van der Waals surface area contributed by atoms with Gasteiger partial charge in [-0.25, -0.2) is 0 Å². The molecule has 0 radical (unpaired) electrons. The standard InChI is InChI=1S/C18H20Cl2/c1-11-13(3)18(14(4)12(2)17(11)10-20)16-7-5-15(9-19)6-8-16/h5-8H,9-10H2,1-4H3. The summed E-state index contributed by atoms with van der Waals surface area (Å²) in [5.74, 6) is 1.13. The molecule has 0 atom stereocenters. The first-order valence-electron chi connectivity index (χ1n) is 6.81. The minimum atomic E-state index is 0.557. The van der Waals surface area contributed by atoms with Crippen LogP contribution in [0.2, 0.25) is 0 Å². The second-order valence-electron chi connectivity index (χ2n) is 5.32. The van der Waals surface area contributed by atoms with Crippen molar-refractivity contribution in [3.63, 3.8) is 0 Å². The molecule has 20 heavy (non-hydrogen) atoms. The van der Waals surface area contributed by atoms with Crippen LogP contribution >= 0.6 is 23.2 Å². The zero-order valence-electron chi connectivity index (χ0n) is 12.5. The van der Waals surface area contributed by atoms with Crippen LogP contribution in [0.5, 0.6) is 0 Å². The molecule has 2 rings (SSSR count). The third-order valence-electron chi connectivity index (χ3n) is 4.31. The van der Waals surface area contributed by atoms with Gasteiger partial charge < -0.3 is 0 Å². The van der Waals surface area contributed by atoms with Gasteiger partial charge in [0.2, 0.25) is 0 Å². The normalized spacial score (nSPS) is 10.9. The van der Waals surface area contributed by atoms with E-state index in [4.69, 9.17) is 23.2 Å². The Hall–Kier alpha value is -0.980. The molecule has 0 saturated heterocycles. The van der Waals surface area contributed by atoms with Gasteiger partial charge in [0.1, 0.15) is 0 Å². The van der Waals surface area contributed by atoms with Crippen LogP contribution in [0.3, 0.4) is 0 Å². The van der Waals surface area contributed by atoms with Crippen molar-refractivity contribution in [2.75, 3.05) is 0 Å². The zero-order chi connectivity index (χ0) is 14.9. The van der Waals surface area contributed by atoms with Gasteiger partial charge in [-0.2, -0.15) is 0 Å². The molecule has 0 amide bonds. The molecule has 0 bridgehead atoms. The number of halogens is 2. The fourth-order valence-electron chi connectivity index (χ4n) is 2.78. The van der Waals surface area contributed by atoms with Crippen molar-refractivity contribution in [3.8, 4) is 11.1 Å². The highest BCUT2D eigenvalue weighted by molar-refractivity contribution is 6.17. The lowest BCUT2D eigenvalue weighted by atomic mass is 9.86. The van der Waals surface area contributed by atoms with Crippen LogP contribution in [0, 0.1) is 27.7 Å². The molecule has 2 aromatic rings. The average molecular weight is 307 g/mol. The van der Waals surface area contributed by atoms with E-state index in [9.17, 15) is 0 Å². The van der Waals surface area contributed by atoms with Gasteiger partial charge in [0.15, 0.2) is 0 Å². The maximum Gasteiger partial charge on any atom is 0.0479 e. The molecule has 0 aliphatic carbocycles. The van der Waals surface area contributed by atoms with E-state index in [2.05, 4.69) is 52.0 Å². The van der Waals surface area contributed by atoms with Crippen LogP contribution in [-0.4, -0.2) is 0 Å². The molecule has 106 valence electrons. The lowest BCUT2D eigenvalue weighted by Crippen LogP contribution is -2.01. The molecule has 0 N–H and O–H groups in total. The summed E-state index contributed by atoms with van der Waals surface area (Å²) in [6, 6.07) is 8.52. The molecule has 0 heterocycles. The highest BCUT2D eigenvalue weighted by Crippen LogP contribution is 2.35. The van der Waals surface area contributed by atoms with E-state index in [-0.39, 0.29) is 0 Å². The van der Waals surface area contributed by atoms with Crippen LogP contribution in [0.4, 0.5) is 0 Å². The predicted octanol–water partition coefficient (Wildman–Crippen LogP) is 6.06. The van der Waals surface area contributed by atoms with Crippen molar-refractivity contribution in [2.24, 2.45) is 0 Å². The number of benzene rings is 2. The molecule has 2 heteroatoms. The second-order valence-corrected chi connectivity index (χ2v) is 5.85. The molecule has 0 aliphatic heterocycles. The third kappa shape index (κ3) is 2.60. The summed E-state index contributed by atoms with van der Waals surface area (Å²) in [6.45, 7) is 8.69. The highest BCUT2D eigenvalue weighted by Gasteiger charge is 2.15. The van der Waals surface area contributed by atoms with Crippen molar-refractivity contribution in [1.29, 1.82) is 0 Å². The van der Waals surface area contributed by atoms with E-state index in [1.54, 1.807) is 0 Å². The Morgan fingerprint density at radius 3 is 1.60 bits per heavy atom. The summed E-state index contributed by atoms with van der Waals surface area (Å²) in [5.41, 5.74) is 10.2. The minimum Gasteiger partial charge on any atom is -0.122 e. The Balaban J connectivity index is 2.67. The molecular formula is C18H20Cl2. The van der Waals surface area contributed by atoms with Crippen molar-refractivity contribution >= 4 is 23.2 Å². The molecule has 0 fully saturated rings. The Kier molecular flexibility index (Phi) is 4.78. The topological polar surface area (TPSA) is 0 Å². The van der Waals surface area contributed by atoms with Crippen LogP contribution in [0.15, 0.2) is 24.3 Å². The Bertz CT molecular complexity index is 596.